The lowest BCUT2D eigenvalue weighted by molar-refractivity contribution is 0.765. The Morgan fingerprint density at radius 3 is 2.67 bits per heavy atom. The smallest absolute Gasteiger partial charge is 0.203 e. The van der Waals surface area contributed by atoms with Gasteiger partial charge in [-0.25, -0.2) is 0 Å². The fraction of sp³-hybridized carbons (Fsp3) is 0.429. The monoisotopic (exact) mass is 242 g/mol. The minimum absolute atomic E-state index is 0.500. The summed E-state index contributed by atoms with van der Waals surface area (Å²) in [6.45, 7) is 1.92. The Bertz CT molecular complexity index is 462. The molecule has 2 N–H and O–H groups in total. The first-order chi connectivity index (χ1) is 7.16. The average molecular weight is 242 g/mol. The second-order valence-corrected chi connectivity index (χ2v) is 4.95. The third kappa shape index (κ3) is 2.26. The van der Waals surface area contributed by atoms with Crippen LogP contribution in [0.15, 0.2) is 5.16 Å². The van der Waals surface area contributed by atoms with E-state index in [9.17, 15) is 0 Å². The molecule has 2 aromatic rings. The van der Waals surface area contributed by atoms with Gasteiger partial charge in [-0.1, -0.05) is 23.1 Å². The quantitative estimate of drug-likeness (QED) is 0.803. The number of anilines is 1. The number of nitrogens with zero attached hydrogens (tertiary/aromatic N) is 5. The molecule has 0 atom stereocenters. The molecule has 0 saturated carbocycles. The van der Waals surface area contributed by atoms with E-state index in [0.717, 1.165) is 21.7 Å². The lowest BCUT2D eigenvalue weighted by Gasteiger charge is -1.98. The standard InChI is InChI=1S/C7H10N6S2/c1-4-9-12-7(13(4)2)14-3-5-10-11-6(8)15-5/h3H2,1-2H3,(H2,8,11). The van der Waals surface area contributed by atoms with E-state index < -0.39 is 0 Å². The van der Waals surface area contributed by atoms with E-state index in [4.69, 9.17) is 5.73 Å². The molecule has 0 aliphatic rings. The van der Waals surface area contributed by atoms with Gasteiger partial charge >= 0.3 is 0 Å². The molecular weight excluding hydrogens is 232 g/mol. The highest BCUT2D eigenvalue weighted by Crippen LogP contribution is 2.23. The number of nitrogens with two attached hydrogens (primary N) is 1. The van der Waals surface area contributed by atoms with Gasteiger partial charge in [-0.3, -0.25) is 0 Å². The van der Waals surface area contributed by atoms with Crippen LogP contribution in [0.1, 0.15) is 10.8 Å². The first-order valence-corrected chi connectivity index (χ1v) is 6.03. The summed E-state index contributed by atoms with van der Waals surface area (Å²) in [4.78, 5) is 0. The van der Waals surface area contributed by atoms with Crippen LogP contribution in [0.2, 0.25) is 0 Å². The Balaban J connectivity index is 2.02. The molecule has 2 rings (SSSR count). The molecule has 0 aliphatic heterocycles. The minimum atomic E-state index is 0.500. The van der Waals surface area contributed by atoms with Gasteiger partial charge in [-0.2, -0.15) is 0 Å². The van der Waals surface area contributed by atoms with Crippen molar-refractivity contribution in [3.63, 3.8) is 0 Å². The van der Waals surface area contributed by atoms with E-state index in [1.807, 2.05) is 18.5 Å². The molecule has 0 fully saturated rings. The highest BCUT2D eigenvalue weighted by Gasteiger charge is 2.07. The van der Waals surface area contributed by atoms with Gasteiger partial charge in [0.1, 0.15) is 10.8 Å². The summed E-state index contributed by atoms with van der Waals surface area (Å²) in [5.74, 6) is 1.62. The summed E-state index contributed by atoms with van der Waals surface area (Å²) in [6.07, 6.45) is 0. The van der Waals surface area contributed by atoms with Crippen molar-refractivity contribution in [1.29, 1.82) is 0 Å². The van der Waals surface area contributed by atoms with Gasteiger partial charge in [0.15, 0.2) is 5.16 Å². The molecule has 0 unspecified atom stereocenters. The van der Waals surface area contributed by atoms with Crippen molar-refractivity contribution in [2.45, 2.75) is 17.8 Å². The SMILES string of the molecule is Cc1nnc(SCc2nnc(N)s2)n1C. The summed E-state index contributed by atoms with van der Waals surface area (Å²) in [6, 6.07) is 0. The normalized spacial score (nSPS) is 10.8. The molecule has 6 nitrogen and oxygen atoms in total. The maximum Gasteiger partial charge on any atom is 0.203 e. The number of rotatable bonds is 3. The lowest BCUT2D eigenvalue weighted by atomic mass is 10.7. The van der Waals surface area contributed by atoms with E-state index in [-0.39, 0.29) is 0 Å². The van der Waals surface area contributed by atoms with Gasteiger partial charge < -0.3 is 10.3 Å². The second-order valence-electron chi connectivity index (χ2n) is 2.91. The number of hydrogen-bond acceptors (Lipinski definition) is 7. The van der Waals surface area contributed by atoms with Gasteiger partial charge in [-0.05, 0) is 6.92 Å². The van der Waals surface area contributed by atoms with Crippen LogP contribution >= 0.6 is 23.1 Å². The molecule has 0 saturated heterocycles. The van der Waals surface area contributed by atoms with Crippen molar-refractivity contribution in [2.75, 3.05) is 5.73 Å². The molecular formula is C7H10N6S2. The maximum atomic E-state index is 5.48. The number of hydrogen-bond donors (Lipinski definition) is 1. The molecule has 15 heavy (non-hydrogen) atoms. The van der Waals surface area contributed by atoms with Gasteiger partial charge in [0.25, 0.3) is 0 Å². The van der Waals surface area contributed by atoms with E-state index in [1.54, 1.807) is 11.8 Å². The van der Waals surface area contributed by atoms with E-state index in [1.165, 1.54) is 11.3 Å². The number of aromatic nitrogens is 5. The van der Waals surface area contributed by atoms with Crippen LogP contribution in [0.25, 0.3) is 0 Å². The Morgan fingerprint density at radius 1 is 1.33 bits per heavy atom. The van der Waals surface area contributed by atoms with Crippen molar-refractivity contribution < 1.29 is 0 Å². The van der Waals surface area contributed by atoms with Crippen LogP contribution in [0.5, 0.6) is 0 Å². The zero-order valence-corrected chi connectivity index (χ0v) is 9.97. The molecule has 0 amide bonds. The molecule has 8 heteroatoms. The van der Waals surface area contributed by atoms with Gasteiger partial charge in [0.05, 0.1) is 5.75 Å². The maximum absolute atomic E-state index is 5.48. The Kier molecular flexibility index (Phi) is 2.87. The molecule has 0 aliphatic carbocycles. The zero-order valence-electron chi connectivity index (χ0n) is 8.34. The molecule has 80 valence electrons. The highest BCUT2D eigenvalue weighted by atomic mass is 32.2. The zero-order chi connectivity index (χ0) is 10.8. The topological polar surface area (TPSA) is 82.5 Å². The van der Waals surface area contributed by atoms with Crippen molar-refractivity contribution in [3.8, 4) is 0 Å². The Morgan fingerprint density at radius 2 is 2.13 bits per heavy atom. The second kappa shape index (κ2) is 4.15. The molecule has 2 aromatic heterocycles. The average Bonchev–Trinajstić information content (AvgIpc) is 2.74. The first-order valence-electron chi connectivity index (χ1n) is 4.23. The van der Waals surface area contributed by atoms with E-state index >= 15 is 0 Å². The van der Waals surface area contributed by atoms with Crippen LogP contribution in [0.3, 0.4) is 0 Å². The molecule has 0 radical (unpaired) electrons. The molecule has 0 aromatic carbocycles. The van der Waals surface area contributed by atoms with Gasteiger partial charge in [0.2, 0.25) is 5.13 Å². The lowest BCUT2D eigenvalue weighted by Crippen LogP contribution is -1.93. The van der Waals surface area contributed by atoms with Crippen LogP contribution < -0.4 is 5.73 Å². The van der Waals surface area contributed by atoms with Crippen molar-refractivity contribution in [1.82, 2.24) is 25.0 Å². The predicted octanol–water partition coefficient (Wildman–Crippen LogP) is 0.850. The molecule has 2 heterocycles. The van der Waals surface area contributed by atoms with Crippen LogP contribution in [0, 0.1) is 6.92 Å². The predicted molar refractivity (Wildman–Crippen MR) is 59.6 cm³/mol. The minimum Gasteiger partial charge on any atom is -0.374 e. The molecule has 0 bridgehead atoms. The first kappa shape index (κ1) is 10.4. The van der Waals surface area contributed by atoms with Crippen molar-refractivity contribution in [2.24, 2.45) is 7.05 Å². The third-order valence-electron chi connectivity index (χ3n) is 1.86. The molecule has 0 spiro atoms. The largest absolute Gasteiger partial charge is 0.374 e. The fourth-order valence-corrected chi connectivity index (χ4v) is 2.52. The number of nitrogen functional groups attached to an aromatic ring is 1. The van der Waals surface area contributed by atoms with Gasteiger partial charge in [-0.15, -0.1) is 20.4 Å². The number of aryl methyl sites for hydroxylation is 1. The number of thioether (sulfide) groups is 1. The Labute approximate surface area is 94.9 Å². The Hall–Kier alpha value is -1.15. The third-order valence-corrected chi connectivity index (χ3v) is 3.83. The van der Waals surface area contributed by atoms with Crippen molar-refractivity contribution in [3.05, 3.63) is 10.8 Å². The van der Waals surface area contributed by atoms with Crippen LogP contribution in [0.4, 0.5) is 5.13 Å². The fourth-order valence-electron chi connectivity index (χ4n) is 0.965. The summed E-state index contributed by atoms with van der Waals surface area (Å²) >= 11 is 2.97. The van der Waals surface area contributed by atoms with Crippen molar-refractivity contribution >= 4 is 28.2 Å². The summed E-state index contributed by atoms with van der Waals surface area (Å²) < 4.78 is 1.94. The summed E-state index contributed by atoms with van der Waals surface area (Å²) in [7, 11) is 1.94. The summed E-state index contributed by atoms with van der Waals surface area (Å²) in [5.41, 5.74) is 5.48. The van der Waals surface area contributed by atoms with E-state index in [2.05, 4.69) is 20.4 Å². The van der Waals surface area contributed by atoms with E-state index in [0.29, 0.717) is 5.13 Å². The van der Waals surface area contributed by atoms with Crippen LogP contribution in [-0.4, -0.2) is 25.0 Å². The summed E-state index contributed by atoms with van der Waals surface area (Å²) in [5, 5.41) is 18.0. The van der Waals surface area contributed by atoms with Gasteiger partial charge in [0, 0.05) is 7.05 Å². The highest BCUT2D eigenvalue weighted by molar-refractivity contribution is 7.98. The van der Waals surface area contributed by atoms with Crippen LogP contribution in [-0.2, 0) is 12.8 Å².